The van der Waals surface area contributed by atoms with Gasteiger partial charge >= 0.3 is 0 Å². The van der Waals surface area contributed by atoms with Crippen LogP contribution in [0.1, 0.15) is 143 Å². The van der Waals surface area contributed by atoms with Crippen molar-refractivity contribution >= 4 is 35.5 Å². The van der Waals surface area contributed by atoms with E-state index in [1.807, 2.05) is 0 Å². The van der Waals surface area contributed by atoms with Crippen LogP contribution in [-0.2, 0) is 28.8 Å². The van der Waals surface area contributed by atoms with Crippen molar-refractivity contribution < 1.29 is 33.9 Å². The van der Waals surface area contributed by atoms with E-state index in [-0.39, 0.29) is 5.91 Å². The first-order valence-electron chi connectivity index (χ1n) is 17.9. The quantitative estimate of drug-likeness (QED) is 0.0563. The Labute approximate surface area is 288 Å². The third-order valence-corrected chi connectivity index (χ3v) is 7.72. The predicted molar refractivity (Wildman–Crippen MR) is 188 cm³/mol. The van der Waals surface area contributed by atoms with Crippen molar-refractivity contribution in [2.45, 2.75) is 167 Å². The van der Waals surface area contributed by atoms with E-state index in [9.17, 15) is 24.0 Å². The maximum atomic E-state index is 13.1. The van der Waals surface area contributed by atoms with E-state index in [0.717, 1.165) is 26.2 Å². The summed E-state index contributed by atoms with van der Waals surface area (Å²) in [5, 5.41) is 18.1. The third kappa shape index (κ3) is 27.8. The number of carboxylic acid groups (broad SMARTS) is 1. The number of aliphatic carboxylic acids is 1. The fourth-order valence-corrected chi connectivity index (χ4v) is 4.80. The first kappa shape index (κ1) is 46.9. The Morgan fingerprint density at radius 1 is 0.562 bits per heavy atom. The van der Waals surface area contributed by atoms with Gasteiger partial charge in [-0.1, -0.05) is 71.1 Å². The minimum atomic E-state index is -0.971. The zero-order valence-corrected chi connectivity index (χ0v) is 30.1. The van der Waals surface area contributed by atoms with Gasteiger partial charge in [-0.3, -0.25) is 28.8 Å². The largest absolute Gasteiger partial charge is 0.481 e. The summed E-state index contributed by atoms with van der Waals surface area (Å²) in [4.78, 5) is 71.8. The Morgan fingerprint density at radius 3 is 1.38 bits per heavy atom. The molecule has 14 nitrogen and oxygen atoms in total. The summed E-state index contributed by atoms with van der Waals surface area (Å²) in [6, 6.07) is -3.60. The second kappa shape index (κ2) is 31.0. The number of unbranched alkanes of at least 4 members (excludes halogenated alkanes) is 12. The van der Waals surface area contributed by atoms with Gasteiger partial charge in [-0.15, -0.1) is 0 Å². The van der Waals surface area contributed by atoms with E-state index >= 15 is 0 Å². The van der Waals surface area contributed by atoms with Crippen LogP contribution in [0, 0.1) is 0 Å². The van der Waals surface area contributed by atoms with Crippen LogP contribution in [0.3, 0.4) is 0 Å². The lowest BCUT2D eigenvalue weighted by Crippen LogP contribution is -2.57. The standard InChI is InChI=1S/C32H63N7O5.C2H4O2/c1-4-5-6-7-8-9-10-11-12-13-14-21-28(40)38-26(19-15-17-22-33)31(43)37-25(3)30(42)39-27(20-16-18-23-34)32(44)36-24(2)29(35)41;1-2(3)4/h24-27H,4-23,33-34H2,1-3H3,(H2,35,41)(H,36,44)(H,37,43)(H,38,40)(H,39,42);1H3,(H,3,4). The van der Waals surface area contributed by atoms with Gasteiger partial charge in [0.05, 0.1) is 0 Å². The van der Waals surface area contributed by atoms with Gasteiger partial charge in [-0.05, 0) is 71.9 Å². The number of nitrogens with two attached hydrogens (primary N) is 3. The highest BCUT2D eigenvalue weighted by Crippen LogP contribution is 2.12. The van der Waals surface area contributed by atoms with Crippen LogP contribution in [0.15, 0.2) is 0 Å². The lowest BCUT2D eigenvalue weighted by atomic mass is 10.0. The molecule has 0 rings (SSSR count). The van der Waals surface area contributed by atoms with Crippen LogP contribution >= 0.6 is 0 Å². The molecule has 4 unspecified atom stereocenters. The van der Waals surface area contributed by atoms with E-state index in [1.165, 1.54) is 65.2 Å². The van der Waals surface area contributed by atoms with E-state index in [1.54, 1.807) is 0 Å². The smallest absolute Gasteiger partial charge is 0.300 e. The Hall–Kier alpha value is -3.26. The number of amides is 5. The zero-order chi connectivity index (χ0) is 36.7. The molecule has 0 fully saturated rings. The Kier molecular flexibility index (Phi) is 30.3. The molecule has 0 aromatic heterocycles. The molecule has 0 aromatic rings. The number of hydrogen-bond donors (Lipinski definition) is 8. The van der Waals surface area contributed by atoms with E-state index < -0.39 is 53.8 Å². The van der Waals surface area contributed by atoms with Crippen LogP contribution < -0.4 is 38.5 Å². The number of carboxylic acids is 1. The minimum Gasteiger partial charge on any atom is -0.481 e. The third-order valence-electron chi connectivity index (χ3n) is 7.72. The normalized spacial score (nSPS) is 13.1. The predicted octanol–water partition coefficient (Wildman–Crippen LogP) is 2.50. The molecule has 0 aliphatic heterocycles. The summed E-state index contributed by atoms with van der Waals surface area (Å²) in [5.41, 5.74) is 16.4. The monoisotopic (exact) mass is 686 g/mol. The lowest BCUT2D eigenvalue weighted by Gasteiger charge is -2.24. The molecule has 0 saturated carbocycles. The average molecular weight is 686 g/mol. The molecule has 5 amide bonds. The zero-order valence-electron chi connectivity index (χ0n) is 30.1. The van der Waals surface area contributed by atoms with Crippen molar-refractivity contribution in [1.82, 2.24) is 21.3 Å². The molecule has 4 atom stereocenters. The summed E-state index contributed by atoms with van der Waals surface area (Å²) < 4.78 is 0. The van der Waals surface area contributed by atoms with Crippen LogP contribution in [0.5, 0.6) is 0 Å². The summed E-state index contributed by atoms with van der Waals surface area (Å²) >= 11 is 0. The Bertz CT molecular complexity index is 916. The summed E-state index contributed by atoms with van der Waals surface area (Å²) in [7, 11) is 0. The summed E-state index contributed by atoms with van der Waals surface area (Å²) in [6.45, 7) is 7.19. The van der Waals surface area contributed by atoms with Crippen LogP contribution in [0.25, 0.3) is 0 Å². The van der Waals surface area contributed by atoms with Gasteiger partial charge < -0.3 is 43.6 Å². The Balaban J connectivity index is 0. The maximum Gasteiger partial charge on any atom is 0.300 e. The van der Waals surface area contributed by atoms with Crippen LogP contribution in [0.4, 0.5) is 0 Å². The minimum absolute atomic E-state index is 0.189. The molecule has 0 aromatic carbocycles. The van der Waals surface area contributed by atoms with Crippen molar-refractivity contribution in [3.63, 3.8) is 0 Å². The van der Waals surface area contributed by atoms with Gasteiger partial charge in [-0.2, -0.15) is 0 Å². The molecule has 0 radical (unpaired) electrons. The highest BCUT2D eigenvalue weighted by Gasteiger charge is 2.28. The van der Waals surface area contributed by atoms with Gasteiger partial charge in [0.25, 0.3) is 5.97 Å². The number of hydrogen-bond acceptors (Lipinski definition) is 8. The van der Waals surface area contributed by atoms with E-state index in [2.05, 4.69) is 28.2 Å². The molecule has 11 N–H and O–H groups in total. The maximum absolute atomic E-state index is 13.1. The number of primary amides is 1. The summed E-state index contributed by atoms with van der Waals surface area (Å²) in [6.07, 6.45) is 16.7. The van der Waals surface area contributed by atoms with E-state index in [4.69, 9.17) is 27.1 Å². The fraction of sp³-hybridized carbons (Fsp3) is 0.824. The number of carbonyl (C=O) groups is 6. The van der Waals surface area contributed by atoms with Crippen LogP contribution in [-0.4, -0.2) is 77.9 Å². The van der Waals surface area contributed by atoms with Crippen molar-refractivity contribution in [3.8, 4) is 0 Å². The van der Waals surface area contributed by atoms with Gasteiger partial charge in [-0.25, -0.2) is 0 Å². The fourth-order valence-electron chi connectivity index (χ4n) is 4.80. The second-order valence-electron chi connectivity index (χ2n) is 12.4. The first-order chi connectivity index (χ1) is 22.8. The molecule has 48 heavy (non-hydrogen) atoms. The molecule has 0 saturated heterocycles. The van der Waals surface area contributed by atoms with Crippen molar-refractivity contribution in [3.05, 3.63) is 0 Å². The molecular formula is C34H67N7O7. The number of nitrogens with one attached hydrogen (secondary N) is 4. The second-order valence-corrected chi connectivity index (χ2v) is 12.4. The van der Waals surface area contributed by atoms with Crippen molar-refractivity contribution in [1.29, 1.82) is 0 Å². The van der Waals surface area contributed by atoms with Crippen LogP contribution in [0.2, 0.25) is 0 Å². The highest BCUT2D eigenvalue weighted by molar-refractivity contribution is 5.95. The van der Waals surface area contributed by atoms with Gasteiger partial charge in [0, 0.05) is 13.3 Å². The Morgan fingerprint density at radius 2 is 0.958 bits per heavy atom. The molecule has 0 spiro atoms. The first-order valence-corrected chi connectivity index (χ1v) is 17.9. The molecule has 0 bridgehead atoms. The molecule has 0 aliphatic rings. The molecule has 14 heteroatoms. The molecule has 280 valence electrons. The van der Waals surface area contributed by atoms with Gasteiger partial charge in [0.1, 0.15) is 24.2 Å². The number of carbonyl (C=O) groups excluding carboxylic acids is 5. The van der Waals surface area contributed by atoms with Gasteiger partial charge in [0.15, 0.2) is 0 Å². The topological polar surface area (TPSA) is 249 Å². The number of rotatable bonds is 28. The molecule has 0 heterocycles. The van der Waals surface area contributed by atoms with E-state index in [0.29, 0.717) is 58.0 Å². The SMILES string of the molecule is CC(=O)O.CCCCCCCCCCCCCC(=O)NC(CCCCN)C(=O)NC(C)C(=O)NC(CCCCN)C(=O)NC(C)C(N)=O. The highest BCUT2D eigenvalue weighted by atomic mass is 16.4. The lowest BCUT2D eigenvalue weighted by molar-refractivity contribution is -0.134. The van der Waals surface area contributed by atoms with Crippen molar-refractivity contribution in [2.75, 3.05) is 13.1 Å². The average Bonchev–Trinajstić information content (AvgIpc) is 3.02. The van der Waals surface area contributed by atoms with Crippen molar-refractivity contribution in [2.24, 2.45) is 17.2 Å². The molecular weight excluding hydrogens is 618 g/mol. The van der Waals surface area contributed by atoms with Gasteiger partial charge in [0.2, 0.25) is 29.5 Å². The molecule has 0 aliphatic carbocycles. The summed E-state index contributed by atoms with van der Waals surface area (Å²) in [5.74, 6) is -3.30.